The Kier molecular flexibility index (Phi) is 2.54. The van der Waals surface area contributed by atoms with Gasteiger partial charge in [0.2, 0.25) is 0 Å². The molecule has 2 rings (SSSR count). The number of nitrogens with zero attached hydrogens (tertiary/aromatic N) is 3. The van der Waals surface area contributed by atoms with E-state index in [2.05, 4.69) is 10.4 Å². The van der Waals surface area contributed by atoms with Crippen LogP contribution in [0.2, 0.25) is 0 Å². The molecule has 0 atom stereocenters. The van der Waals surface area contributed by atoms with E-state index in [0.29, 0.717) is 0 Å². The Morgan fingerprint density at radius 2 is 2.47 bits per heavy atom. The number of anilines is 2. The third kappa shape index (κ3) is 1.83. The number of nitriles is 1. The second-order valence-electron chi connectivity index (χ2n) is 3.28. The predicted molar refractivity (Wildman–Crippen MR) is 59.0 cm³/mol. The molecule has 3 N–H and O–H groups in total. The maximum absolute atomic E-state index is 11.7. The Hall–Kier alpha value is -2.75. The van der Waals surface area contributed by atoms with Gasteiger partial charge in [-0.3, -0.25) is 4.79 Å². The lowest BCUT2D eigenvalue weighted by atomic mass is 10.3. The topological polar surface area (TPSA) is 110 Å². The van der Waals surface area contributed by atoms with Crippen LogP contribution < -0.4 is 11.1 Å². The third-order valence-electron chi connectivity index (χ3n) is 2.18. The number of hydrogen-bond donors (Lipinski definition) is 2. The predicted octanol–water partition coefficient (Wildman–Crippen LogP) is 0.719. The summed E-state index contributed by atoms with van der Waals surface area (Å²) in [6.07, 6.45) is 1.38. The monoisotopic (exact) mass is 231 g/mol. The summed E-state index contributed by atoms with van der Waals surface area (Å²) in [6, 6.07) is 4.98. The highest BCUT2D eigenvalue weighted by Gasteiger charge is 2.17. The fourth-order valence-corrected chi connectivity index (χ4v) is 1.31. The van der Waals surface area contributed by atoms with Crippen LogP contribution in [-0.2, 0) is 7.05 Å². The van der Waals surface area contributed by atoms with Crippen molar-refractivity contribution in [3.63, 3.8) is 0 Å². The molecule has 0 aliphatic rings. The molecule has 0 bridgehead atoms. The number of nitrogens with two attached hydrogens (primary N) is 1. The molecule has 2 aromatic heterocycles. The fourth-order valence-electron chi connectivity index (χ4n) is 1.31. The highest BCUT2D eigenvalue weighted by atomic mass is 16.3. The summed E-state index contributed by atoms with van der Waals surface area (Å²) in [4.78, 5) is 11.7. The van der Waals surface area contributed by atoms with Crippen LogP contribution in [0.4, 0.5) is 11.6 Å². The zero-order valence-corrected chi connectivity index (χ0v) is 8.97. The first-order chi connectivity index (χ1) is 8.13. The van der Waals surface area contributed by atoms with Gasteiger partial charge in [-0.25, -0.2) is 4.68 Å². The van der Waals surface area contributed by atoms with Gasteiger partial charge in [0, 0.05) is 7.05 Å². The van der Waals surface area contributed by atoms with E-state index in [1.165, 1.54) is 17.0 Å². The van der Waals surface area contributed by atoms with Crippen LogP contribution >= 0.6 is 0 Å². The summed E-state index contributed by atoms with van der Waals surface area (Å²) >= 11 is 0. The normalized spacial score (nSPS) is 9.88. The minimum atomic E-state index is -0.482. The molecule has 0 fully saturated rings. The highest BCUT2D eigenvalue weighted by Crippen LogP contribution is 2.19. The van der Waals surface area contributed by atoms with Crippen molar-refractivity contribution in [1.82, 2.24) is 9.78 Å². The first-order valence-corrected chi connectivity index (χ1v) is 4.71. The molecule has 1 amide bonds. The average molecular weight is 231 g/mol. The largest absolute Gasteiger partial charge is 0.459 e. The summed E-state index contributed by atoms with van der Waals surface area (Å²) in [5, 5.41) is 15.3. The quantitative estimate of drug-likeness (QED) is 0.791. The molecule has 17 heavy (non-hydrogen) atoms. The van der Waals surface area contributed by atoms with Crippen molar-refractivity contribution in [2.24, 2.45) is 7.05 Å². The standard InChI is InChI=1S/C10H9N5O2/c1-15-8(12)6(5-11)9(14-15)13-10(16)7-3-2-4-17-7/h2-4H,12H2,1H3,(H,13,14,16). The Balaban J connectivity index is 2.29. The molecule has 0 aliphatic heterocycles. The van der Waals surface area contributed by atoms with Gasteiger partial charge in [0.05, 0.1) is 6.26 Å². The number of aromatic nitrogens is 2. The highest BCUT2D eigenvalue weighted by molar-refractivity contribution is 6.02. The Morgan fingerprint density at radius 1 is 1.71 bits per heavy atom. The molecule has 0 aliphatic carbocycles. The molecule has 0 spiro atoms. The average Bonchev–Trinajstić information content (AvgIpc) is 2.89. The molecule has 7 nitrogen and oxygen atoms in total. The van der Waals surface area contributed by atoms with Crippen LogP contribution in [0.15, 0.2) is 22.8 Å². The van der Waals surface area contributed by atoms with Gasteiger partial charge in [-0.2, -0.15) is 10.4 Å². The fraction of sp³-hybridized carbons (Fsp3) is 0.100. The summed E-state index contributed by atoms with van der Waals surface area (Å²) in [5.74, 6) is -0.0288. The van der Waals surface area contributed by atoms with Crippen molar-refractivity contribution in [2.75, 3.05) is 11.1 Å². The number of furan rings is 1. The molecular weight excluding hydrogens is 222 g/mol. The van der Waals surface area contributed by atoms with E-state index in [9.17, 15) is 4.79 Å². The van der Waals surface area contributed by atoms with Gasteiger partial charge in [-0.05, 0) is 12.1 Å². The van der Waals surface area contributed by atoms with Gasteiger partial charge in [0.1, 0.15) is 17.5 Å². The minimum Gasteiger partial charge on any atom is -0.459 e. The Morgan fingerprint density at radius 3 is 3.06 bits per heavy atom. The number of rotatable bonds is 2. The van der Waals surface area contributed by atoms with E-state index < -0.39 is 5.91 Å². The van der Waals surface area contributed by atoms with Gasteiger partial charge in [0.25, 0.3) is 5.91 Å². The Labute approximate surface area is 96.4 Å². The van der Waals surface area contributed by atoms with Crippen molar-refractivity contribution in [2.45, 2.75) is 0 Å². The lowest BCUT2D eigenvalue weighted by Crippen LogP contribution is -2.12. The number of carbonyl (C=O) groups excluding carboxylic acids is 1. The lowest BCUT2D eigenvalue weighted by molar-refractivity contribution is 0.0996. The summed E-state index contributed by atoms with van der Waals surface area (Å²) in [6.45, 7) is 0. The van der Waals surface area contributed by atoms with E-state index in [1.807, 2.05) is 6.07 Å². The number of amides is 1. The van der Waals surface area contributed by atoms with E-state index in [4.69, 9.17) is 15.4 Å². The summed E-state index contributed by atoms with van der Waals surface area (Å²) in [5.41, 5.74) is 5.74. The molecule has 0 saturated carbocycles. The second-order valence-corrected chi connectivity index (χ2v) is 3.28. The molecular formula is C10H9N5O2. The number of nitrogens with one attached hydrogen (secondary N) is 1. The third-order valence-corrected chi connectivity index (χ3v) is 2.18. The van der Waals surface area contributed by atoms with Crippen molar-refractivity contribution < 1.29 is 9.21 Å². The first-order valence-electron chi connectivity index (χ1n) is 4.71. The van der Waals surface area contributed by atoms with Crippen molar-refractivity contribution >= 4 is 17.5 Å². The number of carbonyl (C=O) groups is 1. The van der Waals surface area contributed by atoms with Crippen molar-refractivity contribution in [3.8, 4) is 6.07 Å². The van der Waals surface area contributed by atoms with Crippen molar-refractivity contribution in [3.05, 3.63) is 29.7 Å². The molecule has 2 aromatic rings. The lowest BCUT2D eigenvalue weighted by Gasteiger charge is -1.98. The zero-order chi connectivity index (χ0) is 12.4. The first kappa shape index (κ1) is 10.8. The minimum absolute atomic E-state index is 0.119. The van der Waals surface area contributed by atoms with Gasteiger partial charge in [0.15, 0.2) is 11.6 Å². The number of hydrogen-bond acceptors (Lipinski definition) is 5. The van der Waals surface area contributed by atoms with Crippen LogP contribution in [0.1, 0.15) is 16.1 Å². The zero-order valence-electron chi connectivity index (χ0n) is 8.97. The molecule has 2 heterocycles. The van der Waals surface area contributed by atoms with E-state index in [-0.39, 0.29) is 23.0 Å². The SMILES string of the molecule is Cn1nc(NC(=O)c2ccco2)c(C#N)c1N. The number of nitrogen functional groups attached to an aromatic ring is 1. The molecule has 86 valence electrons. The van der Waals surface area contributed by atoms with Gasteiger partial charge < -0.3 is 15.5 Å². The van der Waals surface area contributed by atoms with Crippen LogP contribution in [0, 0.1) is 11.3 Å². The van der Waals surface area contributed by atoms with Crippen LogP contribution in [0.25, 0.3) is 0 Å². The van der Waals surface area contributed by atoms with Crippen LogP contribution in [-0.4, -0.2) is 15.7 Å². The number of aryl methyl sites for hydroxylation is 1. The second kappa shape index (κ2) is 4.02. The summed E-state index contributed by atoms with van der Waals surface area (Å²) in [7, 11) is 1.58. The maximum Gasteiger partial charge on any atom is 0.292 e. The van der Waals surface area contributed by atoms with Gasteiger partial charge in [-0.15, -0.1) is 0 Å². The van der Waals surface area contributed by atoms with Gasteiger partial charge >= 0.3 is 0 Å². The molecule has 0 radical (unpaired) electrons. The van der Waals surface area contributed by atoms with Crippen molar-refractivity contribution in [1.29, 1.82) is 5.26 Å². The summed E-state index contributed by atoms with van der Waals surface area (Å²) < 4.78 is 6.23. The molecule has 7 heteroatoms. The molecule has 0 aromatic carbocycles. The maximum atomic E-state index is 11.7. The van der Waals surface area contributed by atoms with E-state index >= 15 is 0 Å². The Bertz CT molecular complexity index is 591. The molecule has 0 saturated heterocycles. The molecule has 0 unspecified atom stereocenters. The van der Waals surface area contributed by atoms with Crippen LogP contribution in [0.5, 0.6) is 0 Å². The van der Waals surface area contributed by atoms with E-state index in [0.717, 1.165) is 0 Å². The van der Waals surface area contributed by atoms with Gasteiger partial charge in [-0.1, -0.05) is 0 Å². The van der Waals surface area contributed by atoms with Crippen LogP contribution in [0.3, 0.4) is 0 Å². The van der Waals surface area contributed by atoms with E-state index in [1.54, 1.807) is 13.1 Å². The smallest absolute Gasteiger partial charge is 0.292 e.